The van der Waals surface area contributed by atoms with E-state index in [-0.39, 0.29) is 36.3 Å². The summed E-state index contributed by atoms with van der Waals surface area (Å²) in [5.74, 6) is -0.335. The van der Waals surface area contributed by atoms with E-state index in [1.54, 1.807) is 19.2 Å². The van der Waals surface area contributed by atoms with Gasteiger partial charge in [0.1, 0.15) is 12.4 Å². The van der Waals surface area contributed by atoms with Gasteiger partial charge in [-0.05, 0) is 30.5 Å². The van der Waals surface area contributed by atoms with Crippen LogP contribution in [0.5, 0.6) is 0 Å². The lowest BCUT2D eigenvalue weighted by atomic mass is 9.93. The molecule has 0 aromatic heterocycles. The Morgan fingerprint density at radius 1 is 1.22 bits per heavy atom. The number of rotatable bonds is 5. The zero-order valence-electron chi connectivity index (χ0n) is 13.2. The van der Waals surface area contributed by atoms with Crippen LogP contribution in [0.3, 0.4) is 0 Å². The van der Waals surface area contributed by atoms with Crippen molar-refractivity contribution >= 4 is 11.9 Å². The first-order valence-corrected chi connectivity index (χ1v) is 7.97. The van der Waals surface area contributed by atoms with Crippen molar-refractivity contribution in [3.8, 4) is 0 Å². The molecule has 0 N–H and O–H groups in total. The van der Waals surface area contributed by atoms with Gasteiger partial charge in [-0.1, -0.05) is 18.6 Å². The van der Waals surface area contributed by atoms with E-state index in [1.807, 2.05) is 0 Å². The third-order valence-corrected chi connectivity index (χ3v) is 4.75. The van der Waals surface area contributed by atoms with E-state index in [1.165, 1.54) is 21.9 Å². The molecular formula is C17H21FN2O3. The summed E-state index contributed by atoms with van der Waals surface area (Å²) >= 11 is 0. The summed E-state index contributed by atoms with van der Waals surface area (Å²) in [5, 5.41) is 0. The molecule has 2 unspecified atom stereocenters. The summed E-state index contributed by atoms with van der Waals surface area (Å²) in [5.41, 5.74) is 0.991. The van der Waals surface area contributed by atoms with Crippen LogP contribution in [0.4, 0.5) is 9.18 Å². The second-order valence-corrected chi connectivity index (χ2v) is 6.12. The van der Waals surface area contributed by atoms with E-state index < -0.39 is 0 Å². The van der Waals surface area contributed by atoms with Gasteiger partial charge in [-0.2, -0.15) is 0 Å². The average molecular weight is 320 g/mol. The fourth-order valence-corrected chi connectivity index (χ4v) is 3.62. The summed E-state index contributed by atoms with van der Waals surface area (Å²) in [4.78, 5) is 27.8. The number of methoxy groups -OCH3 is 1. The van der Waals surface area contributed by atoms with Gasteiger partial charge in [0.25, 0.3) is 5.91 Å². The number of hydrogen-bond donors (Lipinski definition) is 0. The minimum Gasteiger partial charge on any atom is -0.383 e. The molecule has 1 saturated carbocycles. The largest absolute Gasteiger partial charge is 0.383 e. The first-order chi connectivity index (χ1) is 11.1. The van der Waals surface area contributed by atoms with Crippen LogP contribution < -0.4 is 0 Å². The normalized spacial score (nSPS) is 24.8. The van der Waals surface area contributed by atoms with Crippen LogP contribution in [-0.4, -0.2) is 54.6 Å². The van der Waals surface area contributed by atoms with Crippen molar-refractivity contribution in [1.29, 1.82) is 0 Å². The Hall–Kier alpha value is -1.95. The van der Waals surface area contributed by atoms with Gasteiger partial charge in [0, 0.05) is 25.6 Å². The Morgan fingerprint density at radius 3 is 2.65 bits per heavy atom. The van der Waals surface area contributed by atoms with E-state index in [9.17, 15) is 14.0 Å². The molecular weight excluding hydrogens is 299 g/mol. The number of ether oxygens (including phenoxy) is 1. The van der Waals surface area contributed by atoms with Gasteiger partial charge in [0.2, 0.25) is 0 Å². The second-order valence-electron chi connectivity index (χ2n) is 6.12. The molecule has 6 heteroatoms. The van der Waals surface area contributed by atoms with Crippen LogP contribution in [0.25, 0.3) is 0 Å². The van der Waals surface area contributed by atoms with Crippen LogP contribution >= 0.6 is 0 Å². The highest BCUT2D eigenvalue weighted by Crippen LogP contribution is 2.39. The van der Waals surface area contributed by atoms with Crippen molar-refractivity contribution in [1.82, 2.24) is 9.80 Å². The smallest absolute Gasteiger partial charge is 0.327 e. The van der Waals surface area contributed by atoms with Crippen molar-refractivity contribution in [2.24, 2.45) is 0 Å². The molecule has 0 radical (unpaired) electrons. The number of amides is 3. The van der Waals surface area contributed by atoms with Gasteiger partial charge in [-0.15, -0.1) is 0 Å². The Bertz CT molecular complexity index is 590. The highest BCUT2D eigenvalue weighted by atomic mass is 19.1. The number of carbonyl (C=O) groups is 2. The van der Waals surface area contributed by atoms with Gasteiger partial charge in [0.15, 0.2) is 0 Å². The topological polar surface area (TPSA) is 49.9 Å². The maximum Gasteiger partial charge on any atom is 0.327 e. The van der Waals surface area contributed by atoms with Crippen LogP contribution in [0.1, 0.15) is 30.7 Å². The lowest BCUT2D eigenvalue weighted by Gasteiger charge is -2.28. The standard InChI is InChI=1S/C17H21FN2O3/c1-23-10-9-19-11-16(21)20(17(19)22)15-4-2-3-14(15)12-5-7-13(18)8-6-12/h5-8,14-15H,2-4,9-11H2,1H3. The summed E-state index contributed by atoms with van der Waals surface area (Å²) in [6.45, 7) is 0.958. The average Bonchev–Trinajstić information content (AvgIpc) is 3.11. The van der Waals surface area contributed by atoms with Gasteiger partial charge >= 0.3 is 6.03 Å². The zero-order valence-corrected chi connectivity index (χ0v) is 13.2. The molecule has 0 spiro atoms. The van der Waals surface area contributed by atoms with Crippen molar-refractivity contribution in [2.75, 3.05) is 26.8 Å². The molecule has 1 aliphatic carbocycles. The summed E-state index contributed by atoms with van der Waals surface area (Å²) < 4.78 is 18.1. The van der Waals surface area contributed by atoms with Crippen molar-refractivity contribution < 1.29 is 18.7 Å². The predicted molar refractivity (Wildman–Crippen MR) is 82.5 cm³/mol. The monoisotopic (exact) mass is 320 g/mol. The van der Waals surface area contributed by atoms with Gasteiger partial charge < -0.3 is 9.64 Å². The molecule has 5 nitrogen and oxygen atoms in total. The maximum atomic E-state index is 13.1. The van der Waals surface area contributed by atoms with E-state index in [0.29, 0.717) is 13.2 Å². The first-order valence-electron chi connectivity index (χ1n) is 7.97. The van der Waals surface area contributed by atoms with Crippen LogP contribution in [0.2, 0.25) is 0 Å². The second kappa shape index (κ2) is 6.66. The third-order valence-electron chi connectivity index (χ3n) is 4.75. The molecule has 3 rings (SSSR count). The number of carbonyl (C=O) groups excluding carboxylic acids is 2. The number of halogens is 1. The molecule has 3 amide bonds. The molecule has 1 heterocycles. The summed E-state index contributed by atoms with van der Waals surface area (Å²) in [6.07, 6.45) is 2.67. The van der Waals surface area contributed by atoms with Gasteiger partial charge in [-0.25, -0.2) is 9.18 Å². The minimum atomic E-state index is -0.276. The fourth-order valence-electron chi connectivity index (χ4n) is 3.62. The molecule has 1 saturated heterocycles. The molecule has 124 valence electrons. The quantitative estimate of drug-likeness (QED) is 0.783. The summed E-state index contributed by atoms with van der Waals surface area (Å²) in [7, 11) is 1.57. The number of hydrogen-bond acceptors (Lipinski definition) is 3. The lowest BCUT2D eigenvalue weighted by Crippen LogP contribution is -2.43. The SMILES string of the molecule is COCCN1CC(=O)N(C2CCCC2c2ccc(F)cc2)C1=O. The molecule has 23 heavy (non-hydrogen) atoms. The third kappa shape index (κ3) is 3.08. The number of nitrogens with zero attached hydrogens (tertiary/aromatic N) is 2. The molecule has 2 atom stereocenters. The Kier molecular flexibility index (Phi) is 4.61. The predicted octanol–water partition coefficient (Wildman–Crippen LogP) is 2.37. The highest BCUT2D eigenvalue weighted by molar-refractivity contribution is 6.02. The first kappa shape index (κ1) is 15.9. The van der Waals surface area contributed by atoms with E-state index in [2.05, 4.69) is 0 Å². The molecule has 0 bridgehead atoms. The van der Waals surface area contributed by atoms with E-state index in [4.69, 9.17) is 4.74 Å². The van der Waals surface area contributed by atoms with Crippen LogP contribution in [0, 0.1) is 5.82 Å². The number of benzene rings is 1. The minimum absolute atomic E-state index is 0.0888. The van der Waals surface area contributed by atoms with E-state index >= 15 is 0 Å². The van der Waals surface area contributed by atoms with Crippen LogP contribution in [-0.2, 0) is 9.53 Å². The number of imide groups is 1. The Labute approximate surface area is 135 Å². The Morgan fingerprint density at radius 2 is 1.96 bits per heavy atom. The van der Waals surface area contributed by atoms with Gasteiger partial charge in [-0.3, -0.25) is 9.69 Å². The maximum absolute atomic E-state index is 13.1. The lowest BCUT2D eigenvalue weighted by molar-refractivity contribution is -0.127. The molecule has 2 aliphatic rings. The molecule has 1 aromatic rings. The van der Waals surface area contributed by atoms with Crippen molar-refractivity contribution in [3.05, 3.63) is 35.6 Å². The molecule has 1 aromatic carbocycles. The van der Waals surface area contributed by atoms with Crippen molar-refractivity contribution in [3.63, 3.8) is 0 Å². The Balaban J connectivity index is 1.78. The van der Waals surface area contributed by atoms with Gasteiger partial charge in [0.05, 0.1) is 6.61 Å². The zero-order chi connectivity index (χ0) is 16.4. The van der Waals surface area contributed by atoms with Crippen molar-refractivity contribution in [2.45, 2.75) is 31.2 Å². The summed E-state index contributed by atoms with van der Waals surface area (Å²) in [6, 6.07) is 6.02. The van der Waals surface area contributed by atoms with Crippen LogP contribution in [0.15, 0.2) is 24.3 Å². The number of urea groups is 1. The highest BCUT2D eigenvalue weighted by Gasteiger charge is 2.45. The molecule has 1 aliphatic heterocycles. The van der Waals surface area contributed by atoms with E-state index in [0.717, 1.165) is 24.8 Å². The molecule has 2 fully saturated rings. The fraction of sp³-hybridized carbons (Fsp3) is 0.529.